The maximum Gasteiger partial charge on any atom is 0.132 e. The van der Waals surface area contributed by atoms with Gasteiger partial charge in [-0.25, -0.2) is 9.97 Å². The minimum Gasteiger partial charge on any atom is -0.370 e. The van der Waals surface area contributed by atoms with Crippen LogP contribution in [0.4, 0.5) is 11.6 Å². The van der Waals surface area contributed by atoms with Crippen LogP contribution in [-0.2, 0) is 0 Å². The highest BCUT2D eigenvalue weighted by Crippen LogP contribution is 2.16. The Balaban J connectivity index is 2.64. The number of aromatic nitrogens is 2. The summed E-state index contributed by atoms with van der Waals surface area (Å²) in [4.78, 5) is 8.85. The third-order valence-corrected chi connectivity index (χ3v) is 3.24. The van der Waals surface area contributed by atoms with Crippen molar-refractivity contribution >= 4 is 11.6 Å². The molecule has 1 rings (SSSR count). The molecule has 0 fully saturated rings. The van der Waals surface area contributed by atoms with Gasteiger partial charge in [-0.3, -0.25) is 0 Å². The molecule has 0 saturated carbocycles. The van der Waals surface area contributed by atoms with E-state index in [1.54, 1.807) is 0 Å². The van der Waals surface area contributed by atoms with Crippen molar-refractivity contribution < 1.29 is 0 Å². The minimum atomic E-state index is 0.434. The van der Waals surface area contributed by atoms with Crippen LogP contribution in [0, 0.1) is 12.8 Å². The standard InChI is InChI=1S/C15H28N4/c1-6-8-16-14-10-15(19-13(5)18-14)17-12(4)9-11(3)7-2/h10-12H,6-9H2,1-5H3,(H2,16,17,18,19). The molecule has 1 aromatic heterocycles. The molecule has 0 saturated heterocycles. The van der Waals surface area contributed by atoms with Crippen LogP contribution in [0.3, 0.4) is 0 Å². The van der Waals surface area contributed by atoms with Crippen LogP contribution in [-0.4, -0.2) is 22.6 Å². The van der Waals surface area contributed by atoms with Gasteiger partial charge in [0.25, 0.3) is 0 Å². The van der Waals surface area contributed by atoms with E-state index in [0.29, 0.717) is 6.04 Å². The molecular weight excluding hydrogens is 236 g/mol. The van der Waals surface area contributed by atoms with Gasteiger partial charge in [-0.2, -0.15) is 0 Å². The van der Waals surface area contributed by atoms with Crippen LogP contribution in [0.25, 0.3) is 0 Å². The lowest BCUT2D eigenvalue weighted by Crippen LogP contribution is -2.19. The Morgan fingerprint density at radius 1 is 1.16 bits per heavy atom. The summed E-state index contributed by atoms with van der Waals surface area (Å²) in [6.07, 6.45) is 3.48. The Kier molecular flexibility index (Phi) is 6.60. The minimum absolute atomic E-state index is 0.434. The zero-order valence-corrected chi connectivity index (χ0v) is 13.0. The lowest BCUT2D eigenvalue weighted by atomic mass is 10.0. The van der Waals surface area contributed by atoms with Gasteiger partial charge in [0.2, 0.25) is 0 Å². The van der Waals surface area contributed by atoms with Gasteiger partial charge in [-0.05, 0) is 32.6 Å². The monoisotopic (exact) mass is 264 g/mol. The van der Waals surface area contributed by atoms with Crippen LogP contribution in [0.5, 0.6) is 0 Å². The summed E-state index contributed by atoms with van der Waals surface area (Å²) in [5, 5.41) is 6.78. The van der Waals surface area contributed by atoms with E-state index >= 15 is 0 Å². The lowest BCUT2D eigenvalue weighted by Gasteiger charge is -2.18. The summed E-state index contributed by atoms with van der Waals surface area (Å²) in [6.45, 7) is 11.8. The molecule has 4 heteroatoms. The summed E-state index contributed by atoms with van der Waals surface area (Å²) in [5.41, 5.74) is 0. The third-order valence-electron chi connectivity index (χ3n) is 3.24. The van der Waals surface area contributed by atoms with Gasteiger partial charge in [0.15, 0.2) is 0 Å². The van der Waals surface area contributed by atoms with E-state index in [9.17, 15) is 0 Å². The molecule has 0 aliphatic rings. The predicted molar refractivity (Wildman–Crippen MR) is 82.7 cm³/mol. The smallest absolute Gasteiger partial charge is 0.132 e. The highest BCUT2D eigenvalue weighted by Gasteiger charge is 2.09. The van der Waals surface area contributed by atoms with Crippen LogP contribution >= 0.6 is 0 Å². The summed E-state index contributed by atoms with van der Waals surface area (Å²) in [5.74, 6) is 3.37. The summed E-state index contributed by atoms with van der Waals surface area (Å²) in [7, 11) is 0. The Hall–Kier alpha value is -1.32. The predicted octanol–water partition coefficient (Wildman–Crippen LogP) is 3.84. The van der Waals surface area contributed by atoms with Crippen molar-refractivity contribution in [2.24, 2.45) is 5.92 Å². The summed E-state index contributed by atoms with van der Waals surface area (Å²) in [6, 6.07) is 2.43. The number of aryl methyl sites for hydroxylation is 1. The number of rotatable bonds is 8. The van der Waals surface area contributed by atoms with E-state index < -0.39 is 0 Å². The van der Waals surface area contributed by atoms with E-state index in [-0.39, 0.29) is 0 Å². The third kappa shape index (κ3) is 5.90. The van der Waals surface area contributed by atoms with Crippen molar-refractivity contribution in [3.8, 4) is 0 Å². The van der Waals surface area contributed by atoms with Crippen molar-refractivity contribution in [3.63, 3.8) is 0 Å². The molecule has 0 aliphatic carbocycles. The quantitative estimate of drug-likeness (QED) is 0.749. The molecule has 2 unspecified atom stereocenters. The fourth-order valence-corrected chi connectivity index (χ4v) is 2.07. The van der Waals surface area contributed by atoms with Gasteiger partial charge in [-0.15, -0.1) is 0 Å². The average Bonchev–Trinajstić information content (AvgIpc) is 2.35. The van der Waals surface area contributed by atoms with Gasteiger partial charge < -0.3 is 10.6 Å². The molecule has 0 radical (unpaired) electrons. The van der Waals surface area contributed by atoms with E-state index in [1.807, 2.05) is 13.0 Å². The largest absolute Gasteiger partial charge is 0.370 e. The molecule has 0 aliphatic heterocycles. The second kappa shape index (κ2) is 7.97. The Bertz CT molecular complexity index is 378. The molecule has 1 heterocycles. The second-order valence-electron chi connectivity index (χ2n) is 5.41. The van der Waals surface area contributed by atoms with Gasteiger partial charge in [0.05, 0.1) is 0 Å². The molecule has 2 atom stereocenters. The maximum absolute atomic E-state index is 4.45. The van der Waals surface area contributed by atoms with Crippen LogP contribution in [0.15, 0.2) is 6.07 Å². The molecule has 19 heavy (non-hydrogen) atoms. The fourth-order valence-electron chi connectivity index (χ4n) is 2.07. The van der Waals surface area contributed by atoms with Crippen LogP contribution in [0.2, 0.25) is 0 Å². The maximum atomic E-state index is 4.45. The van der Waals surface area contributed by atoms with E-state index in [4.69, 9.17) is 0 Å². The summed E-state index contributed by atoms with van der Waals surface area (Å²) >= 11 is 0. The van der Waals surface area contributed by atoms with Crippen LogP contribution < -0.4 is 10.6 Å². The molecule has 0 bridgehead atoms. The van der Waals surface area contributed by atoms with E-state index in [0.717, 1.165) is 42.8 Å². The first kappa shape index (κ1) is 15.7. The number of hydrogen-bond donors (Lipinski definition) is 2. The number of nitrogens with one attached hydrogen (secondary N) is 2. The van der Waals surface area contributed by atoms with Crippen molar-refractivity contribution in [1.82, 2.24) is 9.97 Å². The van der Waals surface area contributed by atoms with Crippen molar-refractivity contribution in [3.05, 3.63) is 11.9 Å². The van der Waals surface area contributed by atoms with E-state index in [1.165, 1.54) is 6.42 Å². The molecule has 0 spiro atoms. The van der Waals surface area contributed by atoms with Crippen molar-refractivity contribution in [2.45, 2.75) is 59.9 Å². The normalized spacial score (nSPS) is 13.9. The summed E-state index contributed by atoms with van der Waals surface area (Å²) < 4.78 is 0. The highest BCUT2D eigenvalue weighted by atomic mass is 15.1. The Labute approximate surface area is 117 Å². The number of anilines is 2. The average molecular weight is 264 g/mol. The second-order valence-corrected chi connectivity index (χ2v) is 5.41. The van der Waals surface area contributed by atoms with Gasteiger partial charge in [0.1, 0.15) is 17.5 Å². The molecule has 0 aromatic carbocycles. The topological polar surface area (TPSA) is 49.8 Å². The van der Waals surface area contributed by atoms with Gasteiger partial charge in [0, 0.05) is 18.7 Å². The zero-order valence-electron chi connectivity index (χ0n) is 13.0. The SMILES string of the molecule is CCCNc1cc(NC(C)CC(C)CC)nc(C)n1. The van der Waals surface area contributed by atoms with Crippen molar-refractivity contribution in [1.29, 1.82) is 0 Å². The van der Waals surface area contributed by atoms with Crippen LogP contribution in [0.1, 0.15) is 52.8 Å². The fraction of sp³-hybridized carbons (Fsp3) is 0.733. The molecule has 1 aromatic rings. The number of nitrogens with zero attached hydrogens (tertiary/aromatic N) is 2. The Morgan fingerprint density at radius 3 is 2.47 bits per heavy atom. The first-order valence-electron chi connectivity index (χ1n) is 7.41. The van der Waals surface area contributed by atoms with Gasteiger partial charge in [-0.1, -0.05) is 27.2 Å². The lowest BCUT2D eigenvalue weighted by molar-refractivity contribution is 0.483. The first-order valence-corrected chi connectivity index (χ1v) is 7.41. The Morgan fingerprint density at radius 2 is 1.84 bits per heavy atom. The molecule has 108 valence electrons. The molecule has 0 amide bonds. The highest BCUT2D eigenvalue weighted by molar-refractivity contribution is 5.47. The first-order chi connectivity index (χ1) is 9.05. The van der Waals surface area contributed by atoms with Crippen molar-refractivity contribution in [2.75, 3.05) is 17.2 Å². The number of hydrogen-bond acceptors (Lipinski definition) is 4. The van der Waals surface area contributed by atoms with E-state index in [2.05, 4.69) is 48.3 Å². The molecular formula is C15H28N4. The molecule has 2 N–H and O–H groups in total. The zero-order chi connectivity index (χ0) is 14.3. The van der Waals surface area contributed by atoms with Gasteiger partial charge >= 0.3 is 0 Å². The molecule has 4 nitrogen and oxygen atoms in total.